The van der Waals surface area contributed by atoms with E-state index in [4.69, 9.17) is 38.8 Å². The first kappa shape index (κ1) is 50.9. The van der Waals surface area contributed by atoms with Gasteiger partial charge in [-0.25, -0.2) is 4.79 Å². The third-order valence-electron chi connectivity index (χ3n) is 14.3. The van der Waals surface area contributed by atoms with E-state index < -0.39 is 71.5 Å². The number of thiophene rings is 1. The number of aliphatic imine (C=N–C) groups is 1. The van der Waals surface area contributed by atoms with Gasteiger partial charge in [0.15, 0.2) is 23.6 Å². The molecule has 3 saturated heterocycles. The summed E-state index contributed by atoms with van der Waals surface area (Å²) in [6, 6.07) is 17.2. The molecule has 0 spiro atoms. The number of hydrogen-bond donors (Lipinski definition) is 2. The molecule has 0 aliphatic carbocycles. The maximum Gasteiger partial charge on any atom is 0.410 e. The van der Waals surface area contributed by atoms with Crippen LogP contribution in [-0.2, 0) is 44.4 Å². The number of Topliss-reactive ketones (excluding diaryl/α,β-unsaturated/α-hetero) is 1. The van der Waals surface area contributed by atoms with Crippen molar-refractivity contribution in [3.63, 3.8) is 0 Å². The zero-order valence-corrected chi connectivity index (χ0v) is 41.8. The van der Waals surface area contributed by atoms with Crippen LogP contribution in [0.3, 0.4) is 0 Å². The molecule has 0 unspecified atom stereocenters. The molecule has 4 aliphatic rings. The van der Waals surface area contributed by atoms with Crippen molar-refractivity contribution in [1.29, 1.82) is 5.41 Å². The molecule has 2 bridgehead atoms. The Bertz CT molecular complexity index is 2450. The molecule has 0 radical (unpaired) electrons. The molecule has 3 fully saturated rings. The second-order valence-electron chi connectivity index (χ2n) is 19.5. The molecule has 7 rings (SSSR count). The maximum absolute atomic E-state index is 14.7. The summed E-state index contributed by atoms with van der Waals surface area (Å²) in [5.74, 6) is 2.55. The summed E-state index contributed by atoms with van der Waals surface area (Å²) in [5, 5.41) is 22.5. The second-order valence-corrected chi connectivity index (χ2v) is 20.7. The second kappa shape index (κ2) is 21.4. The van der Waals surface area contributed by atoms with Gasteiger partial charge in [-0.15, -0.1) is 11.3 Å². The van der Waals surface area contributed by atoms with Gasteiger partial charge in [-0.1, -0.05) is 82.0 Å². The van der Waals surface area contributed by atoms with Crippen LogP contribution in [0.15, 0.2) is 65.9 Å². The van der Waals surface area contributed by atoms with Crippen LogP contribution in [0.1, 0.15) is 90.0 Å². The first-order chi connectivity index (χ1) is 32.3. The standard InChI is InChI=1S/C53H68N4O10S/c1-11-42-53(8)47-33(4)44(55-24-25-57(47)51(61)67-53)31(2)30-52(7,48(34(5)45(58)35(6)49(60)65-42)66-50-46(59)41(56(9)10)28-32(3)64-50)63-26-15-19-38-21-22-39(68-38)29-43(54)62-27-23-37-18-14-17-36-16-12-13-20-40(36)37/h12-14,16-18,20-23,27,31-35,41-42,46-48,50,54,59H,11,24-26,28-30H2,1-10H3/b27-23+,54-43?/t31-,32-,33+,34+,35-,41+,42-,46-,47-,48-,50+,52+,53-/m1/s1. The molecule has 0 saturated carbocycles. The van der Waals surface area contributed by atoms with Gasteiger partial charge < -0.3 is 38.4 Å². The fourth-order valence-electron chi connectivity index (χ4n) is 10.9. The number of rotatable bonds is 10. The minimum Gasteiger partial charge on any atom is -0.458 e. The molecular formula is C53H68N4O10S. The van der Waals surface area contributed by atoms with E-state index in [0.29, 0.717) is 32.4 Å². The number of fused-ring (bicyclic) bond motifs is 2. The summed E-state index contributed by atoms with van der Waals surface area (Å²) in [4.78, 5) is 52.8. The van der Waals surface area contributed by atoms with E-state index in [2.05, 4.69) is 37.0 Å². The molecule has 14 nitrogen and oxygen atoms in total. The summed E-state index contributed by atoms with van der Waals surface area (Å²) < 4.78 is 38.1. The lowest BCUT2D eigenvalue weighted by atomic mass is 9.73. The smallest absolute Gasteiger partial charge is 0.410 e. The van der Waals surface area contributed by atoms with E-state index in [1.807, 2.05) is 96.1 Å². The Kier molecular flexibility index (Phi) is 16.0. The van der Waals surface area contributed by atoms with Crippen molar-refractivity contribution in [1.82, 2.24) is 9.80 Å². The van der Waals surface area contributed by atoms with Crippen LogP contribution in [0.4, 0.5) is 4.79 Å². The van der Waals surface area contributed by atoms with E-state index in [-0.39, 0.29) is 42.9 Å². The number of esters is 1. The molecule has 13 atom stereocenters. The highest BCUT2D eigenvalue weighted by Crippen LogP contribution is 2.44. The van der Waals surface area contributed by atoms with Crippen molar-refractivity contribution in [3.05, 3.63) is 76.2 Å². The first-order valence-electron chi connectivity index (χ1n) is 23.9. The molecular weight excluding hydrogens is 885 g/mol. The zero-order chi connectivity index (χ0) is 49.1. The van der Waals surface area contributed by atoms with Crippen LogP contribution < -0.4 is 0 Å². The average molecular weight is 953 g/mol. The Hall–Kier alpha value is -4.95. The summed E-state index contributed by atoms with van der Waals surface area (Å²) in [5.41, 5.74) is -0.663. The van der Waals surface area contributed by atoms with Gasteiger partial charge in [-0.3, -0.25) is 24.9 Å². The van der Waals surface area contributed by atoms with Gasteiger partial charge in [0.2, 0.25) is 0 Å². The predicted octanol–water partition coefficient (Wildman–Crippen LogP) is 7.92. The van der Waals surface area contributed by atoms with E-state index >= 15 is 0 Å². The van der Waals surface area contributed by atoms with Gasteiger partial charge in [0.25, 0.3) is 0 Å². The summed E-state index contributed by atoms with van der Waals surface area (Å²) in [6.07, 6.45) is 0.0541. The predicted molar refractivity (Wildman–Crippen MR) is 262 cm³/mol. The number of nitrogens with one attached hydrogen (secondary N) is 1. The molecule has 366 valence electrons. The van der Waals surface area contributed by atoms with Gasteiger partial charge in [0, 0.05) is 35.0 Å². The van der Waals surface area contributed by atoms with Crippen molar-refractivity contribution in [2.24, 2.45) is 28.7 Å². The van der Waals surface area contributed by atoms with Crippen molar-refractivity contribution in [2.75, 3.05) is 33.8 Å². The maximum atomic E-state index is 14.7. The number of carbonyl (C=O) groups excluding carboxylic acids is 3. The van der Waals surface area contributed by atoms with E-state index in [1.165, 1.54) is 18.3 Å². The number of ether oxygens (including phenoxy) is 6. The van der Waals surface area contributed by atoms with Gasteiger partial charge in [-0.05, 0) is 102 Å². The van der Waals surface area contributed by atoms with Crippen LogP contribution in [0.5, 0.6) is 0 Å². The molecule has 1 amide bonds. The van der Waals surface area contributed by atoms with Gasteiger partial charge in [0.05, 0.1) is 48.0 Å². The fraction of sp³-hybridized carbons (Fsp3) is 0.566. The SMILES string of the molecule is CC[C@H]1OC(=O)[C@H](C)C(=O)[C@H](C)[C@@H](O[C@@H]2O[C@H](C)C[C@H](N(C)C)[C@H]2O)[C@@](C)(OCC#Cc2ccc(CC(=N)O/C=C/c3cccc4ccccc34)s2)C[C@@H](C)C2=NCCN3C(=O)O[C@@]1(C)[C@H]3[C@H]2C. The number of likely N-dealkylation sites (N-methyl/N-ethyl adjacent to an activating group) is 1. The molecule has 1 aromatic heterocycles. The molecule has 68 heavy (non-hydrogen) atoms. The Labute approximate surface area is 404 Å². The highest BCUT2D eigenvalue weighted by atomic mass is 32.1. The number of ketones is 1. The third-order valence-corrected chi connectivity index (χ3v) is 15.3. The number of cyclic esters (lactones) is 1. The fourth-order valence-corrected chi connectivity index (χ4v) is 11.8. The van der Waals surface area contributed by atoms with Gasteiger partial charge >= 0.3 is 12.1 Å². The molecule has 2 N–H and O–H groups in total. The highest BCUT2D eigenvalue weighted by molar-refractivity contribution is 7.12. The normalized spacial score (nSPS) is 33.6. The molecule has 5 heterocycles. The van der Waals surface area contributed by atoms with Crippen LogP contribution in [0.25, 0.3) is 16.8 Å². The lowest BCUT2D eigenvalue weighted by Crippen LogP contribution is -2.60. The van der Waals surface area contributed by atoms with Crippen molar-refractivity contribution < 1.29 is 47.9 Å². The number of hydrogen-bond acceptors (Lipinski definition) is 14. The Morgan fingerprint density at radius 3 is 2.54 bits per heavy atom. The first-order valence-corrected chi connectivity index (χ1v) is 24.7. The Balaban J connectivity index is 1.16. The average Bonchev–Trinajstić information content (AvgIpc) is 3.79. The van der Waals surface area contributed by atoms with Crippen molar-refractivity contribution in [2.45, 2.75) is 135 Å². The lowest BCUT2D eigenvalue weighted by Gasteiger charge is -2.47. The Morgan fingerprint density at radius 2 is 1.79 bits per heavy atom. The third kappa shape index (κ3) is 10.8. The number of amides is 1. The van der Waals surface area contributed by atoms with Gasteiger partial charge in [-0.2, -0.15) is 0 Å². The number of aliphatic hydroxyl groups excluding tert-OH is 1. The number of carbonyl (C=O) groups is 3. The van der Waals surface area contributed by atoms with E-state index in [1.54, 1.807) is 18.1 Å². The number of nitrogens with zero attached hydrogens (tertiary/aromatic N) is 3. The quantitative estimate of drug-likeness (QED) is 0.0506. The summed E-state index contributed by atoms with van der Waals surface area (Å²) >= 11 is 1.45. The molecule has 2 aromatic carbocycles. The minimum absolute atomic E-state index is 0.0610. The van der Waals surface area contributed by atoms with E-state index in [0.717, 1.165) is 31.8 Å². The molecule has 15 heteroatoms. The Morgan fingerprint density at radius 1 is 1.04 bits per heavy atom. The van der Waals surface area contributed by atoms with Crippen LogP contribution in [0, 0.1) is 40.9 Å². The summed E-state index contributed by atoms with van der Waals surface area (Å²) in [6.45, 7) is 15.4. The molecule has 3 aromatic rings. The van der Waals surface area contributed by atoms with Crippen LogP contribution in [0.2, 0.25) is 0 Å². The number of aliphatic hydroxyl groups is 1. The topological polar surface area (TPSA) is 170 Å². The highest BCUT2D eigenvalue weighted by Gasteiger charge is 2.60. The van der Waals surface area contributed by atoms with Crippen molar-refractivity contribution >= 4 is 57.6 Å². The summed E-state index contributed by atoms with van der Waals surface area (Å²) in [7, 11) is 3.79. The van der Waals surface area contributed by atoms with E-state index in [9.17, 15) is 19.5 Å². The van der Waals surface area contributed by atoms with Crippen LogP contribution in [-0.4, -0.2) is 132 Å². The number of benzene rings is 2. The zero-order valence-electron chi connectivity index (χ0n) is 41.0. The monoisotopic (exact) mass is 952 g/mol. The molecule has 4 aliphatic heterocycles. The minimum atomic E-state index is -1.29. The largest absolute Gasteiger partial charge is 0.458 e. The lowest BCUT2D eigenvalue weighted by molar-refractivity contribution is -0.296. The van der Waals surface area contributed by atoms with Gasteiger partial charge in [0.1, 0.15) is 24.7 Å². The van der Waals surface area contributed by atoms with Crippen molar-refractivity contribution in [3.8, 4) is 11.8 Å². The van der Waals surface area contributed by atoms with Crippen LogP contribution >= 0.6 is 11.3 Å².